The molecule has 0 bridgehead atoms. The molecule has 4 N–H and O–H groups in total. The number of ether oxygens (including phenoxy) is 1. The van der Waals surface area contributed by atoms with E-state index in [4.69, 9.17) is 15.6 Å². The van der Waals surface area contributed by atoms with E-state index in [0.717, 1.165) is 4.57 Å². The normalized spacial score (nSPS) is 26.7. The van der Waals surface area contributed by atoms with Gasteiger partial charge < -0.3 is 20.7 Å². The molecule has 2 rings (SSSR count). The van der Waals surface area contributed by atoms with Crippen molar-refractivity contribution in [2.45, 2.75) is 25.4 Å². The highest BCUT2D eigenvalue weighted by atomic mass is 19.1. The topological polar surface area (TPSA) is 111 Å². The van der Waals surface area contributed by atoms with Crippen LogP contribution >= 0.6 is 0 Å². The Morgan fingerprint density at radius 2 is 2.38 bits per heavy atom. The van der Waals surface area contributed by atoms with E-state index in [1.807, 2.05) is 0 Å². The third-order valence-corrected chi connectivity index (χ3v) is 3.09. The van der Waals surface area contributed by atoms with Gasteiger partial charge in [0.25, 0.3) is 0 Å². The van der Waals surface area contributed by atoms with Gasteiger partial charge in [-0.05, 0) is 6.92 Å². The van der Waals surface area contributed by atoms with Crippen LogP contribution in [0.15, 0.2) is 22.9 Å². The molecule has 0 amide bonds. The lowest BCUT2D eigenvalue weighted by Gasteiger charge is -2.17. The summed E-state index contributed by atoms with van der Waals surface area (Å²) in [6.07, 6.45) is -2.21. The molecule has 0 saturated carbocycles. The van der Waals surface area contributed by atoms with Crippen LogP contribution in [-0.2, 0) is 4.74 Å². The number of nitrogen functional groups attached to an aromatic ring is 1. The molecule has 1 aliphatic rings. The molecule has 1 fully saturated rings. The monoisotopic (exact) mass is 295 g/mol. The van der Waals surface area contributed by atoms with Crippen molar-refractivity contribution < 1.29 is 19.3 Å². The average molecular weight is 295 g/mol. The number of aromatic nitrogens is 2. The van der Waals surface area contributed by atoms with Crippen LogP contribution in [0.1, 0.15) is 18.7 Å². The summed E-state index contributed by atoms with van der Waals surface area (Å²) >= 11 is 0. The van der Waals surface area contributed by atoms with Crippen molar-refractivity contribution >= 4 is 5.82 Å². The highest BCUT2D eigenvalue weighted by Gasteiger charge is 2.40. The Hall–Kier alpha value is -2.21. The Morgan fingerprint density at radius 3 is 2.90 bits per heavy atom. The first-order chi connectivity index (χ1) is 10.0. The van der Waals surface area contributed by atoms with Crippen LogP contribution in [0.3, 0.4) is 0 Å². The average Bonchev–Trinajstić information content (AvgIpc) is 2.78. The summed E-state index contributed by atoms with van der Waals surface area (Å²) in [5.74, 6) is 5.23. The lowest BCUT2D eigenvalue weighted by molar-refractivity contribution is -0.0527. The minimum absolute atomic E-state index is 0.0435. The predicted octanol–water partition coefficient (Wildman–Crippen LogP) is -0.699. The van der Waals surface area contributed by atoms with Crippen LogP contribution in [0.4, 0.5) is 10.2 Å². The van der Waals surface area contributed by atoms with Crippen LogP contribution in [0.5, 0.6) is 0 Å². The summed E-state index contributed by atoms with van der Waals surface area (Å²) in [5.41, 5.74) is 4.95. The van der Waals surface area contributed by atoms with E-state index in [1.54, 1.807) is 6.92 Å². The standard InChI is InChI=1S/C13H14FN3O4/c1-2-3-7-5-17(13(20)16-11(7)15)12-10(19)8(4-14)9(6-18)21-12/h4-5,9-10,12,18-19H,6H2,1H3,(H2,15,16,20)/b8-4-. The van der Waals surface area contributed by atoms with Gasteiger partial charge in [0.1, 0.15) is 18.0 Å². The van der Waals surface area contributed by atoms with Crippen LogP contribution in [0.25, 0.3) is 0 Å². The number of halogens is 1. The molecule has 1 aromatic heterocycles. The summed E-state index contributed by atoms with van der Waals surface area (Å²) in [7, 11) is 0. The van der Waals surface area contributed by atoms with Crippen molar-refractivity contribution in [3.63, 3.8) is 0 Å². The first-order valence-electron chi connectivity index (χ1n) is 6.09. The zero-order valence-electron chi connectivity index (χ0n) is 11.2. The van der Waals surface area contributed by atoms with E-state index in [1.165, 1.54) is 6.20 Å². The van der Waals surface area contributed by atoms with Gasteiger partial charge in [-0.25, -0.2) is 9.18 Å². The van der Waals surface area contributed by atoms with Gasteiger partial charge in [-0.3, -0.25) is 4.57 Å². The number of nitrogens with zero attached hydrogens (tertiary/aromatic N) is 2. The smallest absolute Gasteiger partial charge is 0.351 e. The first kappa shape index (κ1) is 15.2. The molecule has 2 heterocycles. The van der Waals surface area contributed by atoms with Crippen LogP contribution in [0, 0.1) is 11.8 Å². The second kappa shape index (κ2) is 6.05. The van der Waals surface area contributed by atoms with E-state index in [-0.39, 0.29) is 23.3 Å². The fraction of sp³-hybridized carbons (Fsp3) is 0.385. The predicted molar refractivity (Wildman–Crippen MR) is 71.7 cm³/mol. The molecule has 0 aromatic carbocycles. The molecule has 0 aliphatic carbocycles. The largest absolute Gasteiger partial charge is 0.393 e. The van der Waals surface area contributed by atoms with Gasteiger partial charge in [-0.2, -0.15) is 4.98 Å². The maximum absolute atomic E-state index is 12.8. The summed E-state index contributed by atoms with van der Waals surface area (Å²) < 4.78 is 19.0. The lowest BCUT2D eigenvalue weighted by atomic mass is 10.1. The van der Waals surface area contributed by atoms with Gasteiger partial charge in [0.15, 0.2) is 6.23 Å². The molecule has 8 heteroatoms. The van der Waals surface area contributed by atoms with Crippen molar-refractivity contribution in [3.8, 4) is 11.8 Å². The maximum atomic E-state index is 12.8. The Morgan fingerprint density at radius 1 is 1.67 bits per heavy atom. The molecule has 1 aliphatic heterocycles. The SMILES string of the molecule is CC#Cc1cn(C2OC(CO)/C(=C/F)C2O)c(=O)nc1N. The molecular formula is C13H14FN3O4. The van der Waals surface area contributed by atoms with Crippen molar-refractivity contribution in [2.24, 2.45) is 0 Å². The molecule has 3 unspecified atom stereocenters. The molecular weight excluding hydrogens is 281 g/mol. The molecule has 7 nitrogen and oxygen atoms in total. The number of aliphatic hydroxyl groups excluding tert-OH is 2. The van der Waals surface area contributed by atoms with E-state index in [0.29, 0.717) is 0 Å². The fourth-order valence-corrected chi connectivity index (χ4v) is 2.07. The van der Waals surface area contributed by atoms with Gasteiger partial charge >= 0.3 is 5.69 Å². The van der Waals surface area contributed by atoms with E-state index < -0.39 is 30.7 Å². The third kappa shape index (κ3) is 2.67. The molecule has 21 heavy (non-hydrogen) atoms. The number of nitrogens with two attached hydrogens (primary N) is 1. The minimum Gasteiger partial charge on any atom is -0.393 e. The van der Waals surface area contributed by atoms with Crippen molar-refractivity contribution in [1.29, 1.82) is 0 Å². The van der Waals surface area contributed by atoms with E-state index >= 15 is 0 Å². The fourth-order valence-electron chi connectivity index (χ4n) is 2.07. The molecule has 0 radical (unpaired) electrons. The first-order valence-corrected chi connectivity index (χ1v) is 6.09. The maximum Gasteiger partial charge on any atom is 0.351 e. The second-order valence-electron chi connectivity index (χ2n) is 4.36. The Kier molecular flexibility index (Phi) is 4.37. The molecule has 1 saturated heterocycles. The highest BCUT2D eigenvalue weighted by Crippen LogP contribution is 2.32. The van der Waals surface area contributed by atoms with Gasteiger partial charge in [-0.1, -0.05) is 5.92 Å². The second-order valence-corrected chi connectivity index (χ2v) is 4.36. The van der Waals surface area contributed by atoms with Crippen LogP contribution in [0.2, 0.25) is 0 Å². The van der Waals surface area contributed by atoms with Crippen molar-refractivity contribution in [1.82, 2.24) is 9.55 Å². The van der Waals surface area contributed by atoms with Crippen LogP contribution in [-0.4, -0.2) is 38.6 Å². The van der Waals surface area contributed by atoms with Gasteiger partial charge in [0.2, 0.25) is 0 Å². The zero-order chi connectivity index (χ0) is 15.6. The third-order valence-electron chi connectivity index (χ3n) is 3.09. The van der Waals surface area contributed by atoms with Crippen LogP contribution < -0.4 is 11.4 Å². The number of aliphatic hydroxyl groups is 2. The Balaban J connectivity index is 2.49. The molecule has 3 atom stereocenters. The highest BCUT2D eigenvalue weighted by molar-refractivity contribution is 5.48. The molecule has 0 spiro atoms. The van der Waals surface area contributed by atoms with Gasteiger partial charge in [0.05, 0.1) is 18.5 Å². The van der Waals surface area contributed by atoms with Gasteiger partial charge in [-0.15, -0.1) is 5.92 Å². The van der Waals surface area contributed by atoms with Crippen molar-refractivity contribution in [3.05, 3.63) is 34.1 Å². The Bertz CT molecular complexity index is 689. The number of hydrogen-bond acceptors (Lipinski definition) is 6. The summed E-state index contributed by atoms with van der Waals surface area (Å²) in [6, 6.07) is 0. The van der Waals surface area contributed by atoms with Crippen molar-refractivity contribution in [2.75, 3.05) is 12.3 Å². The number of hydrogen-bond donors (Lipinski definition) is 3. The lowest BCUT2D eigenvalue weighted by Crippen LogP contribution is -2.33. The Labute approximate surface area is 119 Å². The minimum atomic E-state index is -1.42. The summed E-state index contributed by atoms with van der Waals surface area (Å²) in [4.78, 5) is 15.5. The number of anilines is 1. The van der Waals surface area contributed by atoms with E-state index in [2.05, 4.69) is 16.8 Å². The molecule has 1 aromatic rings. The number of rotatable bonds is 2. The van der Waals surface area contributed by atoms with E-state index in [9.17, 15) is 14.3 Å². The molecule has 112 valence electrons. The summed E-state index contributed by atoms with van der Waals surface area (Å²) in [5, 5.41) is 19.1. The quantitative estimate of drug-likeness (QED) is 0.622. The van der Waals surface area contributed by atoms with Gasteiger partial charge in [0, 0.05) is 11.8 Å². The summed E-state index contributed by atoms with van der Waals surface area (Å²) in [6.45, 7) is 1.06. The zero-order valence-corrected chi connectivity index (χ0v) is 11.2.